The van der Waals surface area contributed by atoms with E-state index >= 15 is 0 Å². The van der Waals surface area contributed by atoms with Gasteiger partial charge in [-0.25, -0.2) is 18.1 Å². The number of benzene rings is 1. The Morgan fingerprint density at radius 3 is 2.50 bits per heavy atom. The number of ether oxygens (including phenoxy) is 1. The summed E-state index contributed by atoms with van der Waals surface area (Å²) in [7, 11) is -4.07. The van der Waals surface area contributed by atoms with Crippen molar-refractivity contribution in [2.45, 2.75) is 31.3 Å². The average molecular weight is 404 g/mol. The summed E-state index contributed by atoms with van der Waals surface area (Å²) in [5, 5.41) is 0. The van der Waals surface area contributed by atoms with Gasteiger partial charge in [0.25, 0.3) is 21.8 Å². The summed E-state index contributed by atoms with van der Waals surface area (Å²) in [6.45, 7) is 4.35. The first-order chi connectivity index (χ1) is 13.0. The molecule has 28 heavy (non-hydrogen) atoms. The van der Waals surface area contributed by atoms with Crippen molar-refractivity contribution in [3.8, 4) is 5.75 Å². The van der Waals surface area contributed by atoms with Crippen molar-refractivity contribution in [2.24, 2.45) is 0 Å². The van der Waals surface area contributed by atoms with Gasteiger partial charge in [0, 0.05) is 0 Å². The number of rotatable bonds is 4. The molecule has 0 radical (unpaired) electrons. The van der Waals surface area contributed by atoms with E-state index in [-0.39, 0.29) is 22.3 Å². The molecule has 0 bridgehead atoms. The van der Waals surface area contributed by atoms with Gasteiger partial charge in [0.1, 0.15) is 12.4 Å². The Kier molecular flexibility index (Phi) is 4.76. The SMILES string of the molecule is Cc1ccc(S(=O)(=O)NC(=O)CN2C(=O)C(C)(C)Oc3ccc(N)nc32)cc1. The lowest BCUT2D eigenvalue weighted by atomic mass is 10.1. The van der Waals surface area contributed by atoms with Gasteiger partial charge in [-0.3, -0.25) is 14.5 Å². The maximum Gasteiger partial charge on any atom is 0.272 e. The smallest absolute Gasteiger partial charge is 0.272 e. The standard InChI is InChI=1S/C18H20N4O5S/c1-11-4-6-12(7-5-11)28(25,26)21-15(23)10-22-16-13(8-9-14(19)20-16)27-18(2,3)17(22)24/h4-9H,10H2,1-3H3,(H2,19,20)(H,21,23). The van der Waals surface area contributed by atoms with Gasteiger partial charge >= 0.3 is 0 Å². The molecule has 10 heteroatoms. The molecule has 3 N–H and O–H groups in total. The van der Waals surface area contributed by atoms with Crippen molar-refractivity contribution < 1.29 is 22.7 Å². The van der Waals surface area contributed by atoms with Crippen LogP contribution in [0.3, 0.4) is 0 Å². The molecule has 9 nitrogen and oxygen atoms in total. The third kappa shape index (κ3) is 3.77. The van der Waals surface area contributed by atoms with Crippen molar-refractivity contribution in [3.05, 3.63) is 42.0 Å². The lowest BCUT2D eigenvalue weighted by molar-refractivity contribution is -0.134. The summed E-state index contributed by atoms with van der Waals surface area (Å²) >= 11 is 0. The zero-order valence-electron chi connectivity index (χ0n) is 15.6. The summed E-state index contributed by atoms with van der Waals surface area (Å²) in [6.07, 6.45) is 0. The normalized spacial score (nSPS) is 15.5. The number of nitrogens with zero attached hydrogens (tertiary/aromatic N) is 2. The minimum atomic E-state index is -4.07. The number of fused-ring (bicyclic) bond motifs is 1. The topological polar surface area (TPSA) is 132 Å². The lowest BCUT2D eigenvalue weighted by Gasteiger charge is -2.37. The van der Waals surface area contributed by atoms with Gasteiger partial charge in [0.2, 0.25) is 0 Å². The fourth-order valence-corrected chi connectivity index (χ4v) is 3.69. The number of anilines is 2. The number of amides is 2. The molecule has 148 valence electrons. The van der Waals surface area contributed by atoms with Crippen LogP contribution < -0.4 is 20.1 Å². The number of sulfonamides is 1. The van der Waals surface area contributed by atoms with Crippen molar-refractivity contribution >= 4 is 33.5 Å². The largest absolute Gasteiger partial charge is 0.474 e. The van der Waals surface area contributed by atoms with E-state index < -0.39 is 34.0 Å². The van der Waals surface area contributed by atoms with Gasteiger partial charge in [-0.1, -0.05) is 17.7 Å². The van der Waals surface area contributed by atoms with E-state index in [1.54, 1.807) is 32.0 Å². The minimum absolute atomic E-state index is 0.0529. The Morgan fingerprint density at radius 1 is 1.21 bits per heavy atom. The summed E-state index contributed by atoms with van der Waals surface area (Å²) in [5.41, 5.74) is 5.31. The van der Waals surface area contributed by atoms with Crippen LogP contribution in [0.4, 0.5) is 11.6 Å². The third-order valence-corrected chi connectivity index (χ3v) is 5.51. The van der Waals surface area contributed by atoms with Gasteiger partial charge in [0.15, 0.2) is 17.2 Å². The van der Waals surface area contributed by atoms with Crippen LogP contribution in [0.5, 0.6) is 5.75 Å². The van der Waals surface area contributed by atoms with E-state index in [4.69, 9.17) is 10.5 Å². The van der Waals surface area contributed by atoms with Crippen LogP contribution in [0.15, 0.2) is 41.3 Å². The first-order valence-electron chi connectivity index (χ1n) is 8.39. The number of aryl methyl sites for hydroxylation is 1. The highest BCUT2D eigenvalue weighted by Crippen LogP contribution is 2.36. The van der Waals surface area contributed by atoms with Crippen LogP contribution in [-0.2, 0) is 19.6 Å². The molecule has 2 heterocycles. The highest BCUT2D eigenvalue weighted by atomic mass is 32.2. The minimum Gasteiger partial charge on any atom is -0.474 e. The lowest BCUT2D eigenvalue weighted by Crippen LogP contribution is -2.55. The zero-order valence-corrected chi connectivity index (χ0v) is 16.4. The van der Waals surface area contributed by atoms with Crippen molar-refractivity contribution in [3.63, 3.8) is 0 Å². The Balaban J connectivity index is 1.86. The van der Waals surface area contributed by atoms with E-state index in [0.29, 0.717) is 0 Å². The first kappa shape index (κ1) is 19.6. The molecule has 0 aliphatic carbocycles. The molecule has 1 aromatic heterocycles. The number of aromatic nitrogens is 1. The van der Waals surface area contributed by atoms with E-state index in [9.17, 15) is 18.0 Å². The van der Waals surface area contributed by atoms with E-state index in [2.05, 4.69) is 4.98 Å². The molecule has 0 fully saturated rings. The van der Waals surface area contributed by atoms with Crippen LogP contribution >= 0.6 is 0 Å². The summed E-state index contributed by atoms with van der Waals surface area (Å²) in [4.78, 5) is 30.2. The number of hydrogen-bond donors (Lipinski definition) is 2. The molecular weight excluding hydrogens is 384 g/mol. The first-order valence-corrected chi connectivity index (χ1v) is 9.88. The number of nitrogens with two attached hydrogens (primary N) is 1. The zero-order chi connectivity index (χ0) is 20.7. The second-order valence-corrected chi connectivity index (χ2v) is 8.59. The summed E-state index contributed by atoms with van der Waals surface area (Å²) in [5.74, 6) is -0.962. The predicted molar refractivity (Wildman–Crippen MR) is 102 cm³/mol. The summed E-state index contributed by atoms with van der Waals surface area (Å²) < 4.78 is 32.4. The van der Waals surface area contributed by atoms with Gasteiger partial charge in [0.05, 0.1) is 4.90 Å². The number of nitrogens with one attached hydrogen (secondary N) is 1. The molecule has 0 spiro atoms. The Bertz CT molecular complexity index is 1050. The predicted octanol–water partition coefficient (Wildman–Crippen LogP) is 0.981. The van der Waals surface area contributed by atoms with Crippen LogP contribution in [0, 0.1) is 6.92 Å². The molecule has 3 rings (SSSR count). The monoisotopic (exact) mass is 404 g/mol. The Morgan fingerprint density at radius 2 is 1.86 bits per heavy atom. The molecule has 1 aliphatic heterocycles. The fraction of sp³-hybridized carbons (Fsp3) is 0.278. The average Bonchev–Trinajstić information content (AvgIpc) is 2.59. The Labute approximate surface area is 162 Å². The number of nitrogen functional groups attached to an aromatic ring is 1. The molecule has 0 unspecified atom stereocenters. The fourth-order valence-electron chi connectivity index (χ4n) is 2.71. The number of pyridine rings is 1. The quantitative estimate of drug-likeness (QED) is 0.776. The molecule has 0 atom stereocenters. The van der Waals surface area contributed by atoms with Crippen LogP contribution in [0.2, 0.25) is 0 Å². The molecule has 2 aromatic rings. The van der Waals surface area contributed by atoms with Gasteiger partial charge in [-0.2, -0.15) is 0 Å². The third-order valence-electron chi connectivity index (χ3n) is 4.12. The molecule has 1 aliphatic rings. The van der Waals surface area contributed by atoms with Crippen molar-refractivity contribution in [2.75, 3.05) is 17.2 Å². The van der Waals surface area contributed by atoms with Crippen LogP contribution in [-0.4, -0.2) is 37.4 Å². The molecular formula is C18H20N4O5S. The van der Waals surface area contributed by atoms with E-state index in [0.717, 1.165) is 10.5 Å². The van der Waals surface area contributed by atoms with Gasteiger partial charge in [-0.05, 0) is 45.0 Å². The molecule has 1 aromatic carbocycles. The van der Waals surface area contributed by atoms with Crippen LogP contribution in [0.1, 0.15) is 19.4 Å². The Hall–Kier alpha value is -3.14. The molecule has 0 saturated carbocycles. The highest BCUT2D eigenvalue weighted by Gasteiger charge is 2.42. The molecule has 0 saturated heterocycles. The van der Waals surface area contributed by atoms with Gasteiger partial charge < -0.3 is 10.5 Å². The van der Waals surface area contributed by atoms with Crippen molar-refractivity contribution in [1.29, 1.82) is 0 Å². The second kappa shape index (κ2) is 6.79. The number of carbonyl (C=O) groups excluding carboxylic acids is 2. The maximum atomic E-state index is 12.7. The van der Waals surface area contributed by atoms with Gasteiger partial charge in [-0.15, -0.1) is 0 Å². The highest BCUT2D eigenvalue weighted by molar-refractivity contribution is 7.90. The van der Waals surface area contributed by atoms with E-state index in [1.807, 2.05) is 11.6 Å². The number of carbonyl (C=O) groups is 2. The van der Waals surface area contributed by atoms with E-state index in [1.165, 1.54) is 18.2 Å². The number of hydrogen-bond acceptors (Lipinski definition) is 7. The second-order valence-electron chi connectivity index (χ2n) is 6.90. The van der Waals surface area contributed by atoms with Crippen LogP contribution in [0.25, 0.3) is 0 Å². The summed E-state index contributed by atoms with van der Waals surface area (Å²) in [6, 6.07) is 9.08. The maximum absolute atomic E-state index is 12.7. The van der Waals surface area contributed by atoms with Crippen molar-refractivity contribution in [1.82, 2.24) is 9.71 Å². The molecule has 2 amide bonds.